The van der Waals surface area contributed by atoms with E-state index in [4.69, 9.17) is 28.5 Å². The number of benzene rings is 2. The van der Waals surface area contributed by atoms with Gasteiger partial charge in [0, 0.05) is 25.7 Å². The molecule has 61 heavy (non-hydrogen) atoms. The van der Waals surface area contributed by atoms with Crippen molar-refractivity contribution in [3.05, 3.63) is 76.9 Å². The fraction of sp³-hybridized carbons (Fsp3) is 0.609. The molecule has 6 fully saturated rings. The van der Waals surface area contributed by atoms with Crippen LogP contribution in [0.4, 0.5) is 0 Å². The van der Waals surface area contributed by atoms with Crippen LogP contribution in [-0.4, -0.2) is 118 Å². The van der Waals surface area contributed by atoms with Crippen molar-refractivity contribution in [3.8, 4) is 0 Å². The van der Waals surface area contributed by atoms with E-state index < -0.39 is 95.8 Å². The number of hydroxylamine groups is 2. The molecule has 4 aliphatic heterocycles. The molecule has 2 amide bonds. The molecular formula is C46H57N3O12. The average Bonchev–Trinajstić information content (AvgIpc) is 3.56. The van der Waals surface area contributed by atoms with Gasteiger partial charge in [0.05, 0.1) is 37.5 Å². The SMILES string of the molecule is CC(O)C(NC(=O)C12CC3OC(=O)C1N(Cc1ccc(C=CC4CCC5OC5C4)cc1)OC2C1OC2(Cc4ccccc4C2)OC31)C(=O)NC(CO)CCC(=O)OC(C)(C)C. The van der Waals surface area contributed by atoms with Gasteiger partial charge in [-0.1, -0.05) is 60.7 Å². The minimum Gasteiger partial charge on any atom is -0.460 e. The van der Waals surface area contributed by atoms with E-state index in [1.54, 1.807) is 20.8 Å². The Labute approximate surface area is 355 Å². The zero-order valence-corrected chi connectivity index (χ0v) is 35.1. The number of esters is 2. The van der Waals surface area contributed by atoms with E-state index in [1.165, 1.54) is 12.0 Å². The first-order chi connectivity index (χ1) is 29.1. The molecule has 15 heteroatoms. The third-order valence-electron chi connectivity index (χ3n) is 13.4. The monoisotopic (exact) mass is 843 g/mol. The van der Waals surface area contributed by atoms with Gasteiger partial charge in [-0.05, 0) is 81.5 Å². The molecule has 3 aliphatic carbocycles. The standard InChI is InChI=1S/C46H57N3O12/c1-25(51)36(41(53)47-31(24-50)16-18-35(52)58-44(2,3)4)48-43(55)46-22-34-37-38(60-45(59-37)20-29-7-5-6-8-30(29)21-45)40(46)61-49(39(46)42(54)57-34)23-28-13-10-26(11-14-28)9-12-27-15-17-32-33(19-27)56-32/h5-14,25,27,31-34,36-40,50-51H,15-24H2,1-4H3,(H,47,53)(H,48,55). The number of rotatable bonds is 13. The van der Waals surface area contributed by atoms with Crippen molar-refractivity contribution in [3.63, 3.8) is 0 Å². The summed E-state index contributed by atoms with van der Waals surface area (Å²) < 4.78 is 30.8. The van der Waals surface area contributed by atoms with Crippen molar-refractivity contribution in [2.45, 2.75) is 158 Å². The second-order valence-corrected chi connectivity index (χ2v) is 19.0. The van der Waals surface area contributed by atoms with Crippen LogP contribution in [0.2, 0.25) is 0 Å². The molecule has 2 bridgehead atoms. The summed E-state index contributed by atoms with van der Waals surface area (Å²) >= 11 is 0. The lowest BCUT2D eigenvalue weighted by Crippen LogP contribution is -2.71. The van der Waals surface area contributed by atoms with E-state index >= 15 is 4.79 Å². The number of hydrogen-bond acceptors (Lipinski definition) is 13. The van der Waals surface area contributed by atoms with Crippen molar-refractivity contribution < 1.29 is 57.9 Å². The smallest absolute Gasteiger partial charge is 0.327 e. The molecule has 12 atom stereocenters. The third-order valence-corrected chi connectivity index (χ3v) is 13.4. The number of carbonyl (C=O) groups is 4. The summed E-state index contributed by atoms with van der Waals surface area (Å²) in [6.07, 6.45) is 4.59. The predicted octanol–water partition coefficient (Wildman–Crippen LogP) is 2.81. The molecule has 12 unspecified atom stereocenters. The molecule has 4 N–H and O–H groups in total. The Morgan fingerprint density at radius 2 is 1.70 bits per heavy atom. The maximum atomic E-state index is 15.1. The van der Waals surface area contributed by atoms with Gasteiger partial charge in [-0.2, -0.15) is 5.06 Å². The van der Waals surface area contributed by atoms with Crippen LogP contribution in [-0.2, 0) is 67.1 Å². The summed E-state index contributed by atoms with van der Waals surface area (Å²) in [6.45, 7) is 6.22. The third kappa shape index (κ3) is 8.26. The number of epoxide rings is 1. The maximum absolute atomic E-state index is 15.1. The van der Waals surface area contributed by atoms with Crippen LogP contribution >= 0.6 is 0 Å². The molecular weight excluding hydrogens is 787 g/mol. The number of aliphatic hydroxyl groups is 2. The number of fused-ring (bicyclic) bond motifs is 6. The molecule has 2 saturated carbocycles. The van der Waals surface area contributed by atoms with E-state index in [9.17, 15) is 24.6 Å². The van der Waals surface area contributed by atoms with Crippen molar-refractivity contribution in [2.75, 3.05) is 6.61 Å². The number of hydrogen-bond donors (Lipinski definition) is 4. The van der Waals surface area contributed by atoms with E-state index in [2.05, 4.69) is 22.8 Å². The molecule has 0 aromatic heterocycles. The molecule has 4 saturated heterocycles. The highest BCUT2D eigenvalue weighted by atomic mass is 16.8. The molecule has 328 valence electrons. The van der Waals surface area contributed by atoms with Crippen LogP contribution in [0.3, 0.4) is 0 Å². The predicted molar refractivity (Wildman–Crippen MR) is 217 cm³/mol. The number of aliphatic hydroxyl groups excluding tert-OH is 2. The maximum Gasteiger partial charge on any atom is 0.327 e. The quantitative estimate of drug-likeness (QED) is 0.170. The van der Waals surface area contributed by atoms with Gasteiger partial charge in [-0.15, -0.1) is 0 Å². The Morgan fingerprint density at radius 1 is 0.984 bits per heavy atom. The number of allylic oxidation sites excluding steroid dienone is 1. The van der Waals surface area contributed by atoms with Gasteiger partial charge in [0.1, 0.15) is 41.5 Å². The highest BCUT2D eigenvalue weighted by molar-refractivity contribution is 5.96. The summed E-state index contributed by atoms with van der Waals surface area (Å²) in [5.41, 5.74) is 1.71. The van der Waals surface area contributed by atoms with Gasteiger partial charge in [-0.3, -0.25) is 24.0 Å². The van der Waals surface area contributed by atoms with E-state index in [0.717, 1.165) is 41.5 Å². The van der Waals surface area contributed by atoms with E-state index in [-0.39, 0.29) is 25.8 Å². The van der Waals surface area contributed by atoms with E-state index in [0.29, 0.717) is 31.0 Å². The van der Waals surface area contributed by atoms with Gasteiger partial charge in [0.15, 0.2) is 11.8 Å². The minimum absolute atomic E-state index is 0.0187. The Balaban J connectivity index is 0.963. The Bertz CT molecular complexity index is 2030. The Morgan fingerprint density at radius 3 is 2.38 bits per heavy atom. The van der Waals surface area contributed by atoms with Gasteiger partial charge in [0.2, 0.25) is 11.8 Å². The largest absolute Gasteiger partial charge is 0.460 e. The molecule has 4 heterocycles. The number of carbonyl (C=O) groups excluding carboxylic acids is 4. The fourth-order valence-corrected chi connectivity index (χ4v) is 10.4. The lowest BCUT2D eigenvalue weighted by atomic mass is 9.62. The van der Waals surface area contributed by atoms with Crippen LogP contribution in [0, 0.1) is 11.3 Å². The lowest BCUT2D eigenvalue weighted by Gasteiger charge is -2.49. The van der Waals surface area contributed by atoms with Crippen molar-refractivity contribution in [1.82, 2.24) is 15.7 Å². The normalized spacial score (nSPS) is 33.2. The summed E-state index contributed by atoms with van der Waals surface area (Å²) in [6, 6.07) is 12.3. The minimum atomic E-state index is -1.62. The zero-order valence-electron chi connectivity index (χ0n) is 35.1. The summed E-state index contributed by atoms with van der Waals surface area (Å²) in [5, 5.41) is 28.0. The van der Waals surface area contributed by atoms with Crippen LogP contribution < -0.4 is 10.6 Å². The highest BCUT2D eigenvalue weighted by Gasteiger charge is 2.76. The van der Waals surface area contributed by atoms with Crippen LogP contribution in [0.15, 0.2) is 54.6 Å². The second kappa shape index (κ2) is 16.2. The highest BCUT2D eigenvalue weighted by Crippen LogP contribution is 2.58. The number of ether oxygens (including phenoxy) is 5. The van der Waals surface area contributed by atoms with Gasteiger partial charge >= 0.3 is 11.9 Å². The molecule has 1 spiro atoms. The summed E-state index contributed by atoms with van der Waals surface area (Å²) in [7, 11) is 0. The zero-order chi connectivity index (χ0) is 42.8. The number of nitrogens with zero attached hydrogens (tertiary/aromatic N) is 1. The van der Waals surface area contributed by atoms with Gasteiger partial charge in [0.25, 0.3) is 0 Å². The van der Waals surface area contributed by atoms with E-state index in [1.807, 2.05) is 48.5 Å². The first-order valence-corrected chi connectivity index (χ1v) is 21.7. The Kier molecular flexibility index (Phi) is 11.2. The fourth-order valence-electron chi connectivity index (χ4n) is 10.4. The molecule has 2 aromatic carbocycles. The average molecular weight is 844 g/mol. The van der Waals surface area contributed by atoms with Crippen LogP contribution in [0.5, 0.6) is 0 Å². The number of amides is 2. The molecule has 9 rings (SSSR count). The van der Waals surface area contributed by atoms with Gasteiger partial charge in [-0.25, -0.2) is 0 Å². The van der Waals surface area contributed by atoms with Crippen molar-refractivity contribution >= 4 is 29.8 Å². The first kappa shape index (κ1) is 42.1. The molecule has 15 nitrogen and oxygen atoms in total. The summed E-state index contributed by atoms with van der Waals surface area (Å²) in [5.74, 6) is -3.20. The van der Waals surface area contributed by atoms with Crippen molar-refractivity contribution in [2.24, 2.45) is 11.3 Å². The first-order valence-electron chi connectivity index (χ1n) is 21.7. The molecule has 0 radical (unpaired) electrons. The Hall–Kier alpha value is -4.22. The second-order valence-electron chi connectivity index (χ2n) is 19.0. The van der Waals surface area contributed by atoms with Crippen LogP contribution in [0.25, 0.3) is 6.08 Å². The van der Waals surface area contributed by atoms with Crippen molar-refractivity contribution in [1.29, 1.82) is 0 Å². The molecule has 7 aliphatic rings. The number of nitrogens with one attached hydrogen (secondary N) is 2. The van der Waals surface area contributed by atoms with Gasteiger partial charge < -0.3 is 44.5 Å². The topological polar surface area (TPSA) is 195 Å². The summed E-state index contributed by atoms with van der Waals surface area (Å²) in [4.78, 5) is 62.3. The lowest BCUT2D eigenvalue weighted by molar-refractivity contribution is -0.217. The molecule has 2 aromatic rings. The van der Waals surface area contributed by atoms with Crippen LogP contribution in [0.1, 0.15) is 88.5 Å².